The molecule has 0 saturated heterocycles. The molecular formula is C6H8N2O. The third-order valence-corrected chi connectivity index (χ3v) is 1.21. The molecule has 0 radical (unpaired) electrons. The van der Waals surface area contributed by atoms with E-state index in [-0.39, 0.29) is 5.91 Å². The molecule has 0 atom stereocenters. The molecule has 48 valence electrons. The van der Waals surface area contributed by atoms with Crippen molar-refractivity contribution in [3.8, 4) is 0 Å². The fraction of sp³-hybridized carbons (Fsp3) is 0.167. The number of nitrogens with zero attached hydrogens (tertiary/aromatic N) is 1. The maximum absolute atomic E-state index is 10.7. The van der Waals surface area contributed by atoms with Crippen molar-refractivity contribution in [3.05, 3.63) is 24.7 Å². The van der Waals surface area contributed by atoms with Crippen molar-refractivity contribution in [1.82, 2.24) is 10.2 Å². The number of carbonyl (C=O) groups excluding carboxylic acids is 1. The second kappa shape index (κ2) is 1.93. The number of carbonyl (C=O) groups is 1. The van der Waals surface area contributed by atoms with Crippen LogP contribution >= 0.6 is 0 Å². The van der Waals surface area contributed by atoms with Crippen molar-refractivity contribution in [2.24, 2.45) is 0 Å². The summed E-state index contributed by atoms with van der Waals surface area (Å²) in [5.41, 5.74) is 0. The Kier molecular flexibility index (Phi) is 1.26. The van der Waals surface area contributed by atoms with E-state index in [1.165, 1.54) is 11.0 Å². The Morgan fingerprint density at radius 1 is 1.78 bits per heavy atom. The minimum atomic E-state index is -0.0428. The van der Waals surface area contributed by atoms with Gasteiger partial charge < -0.3 is 5.32 Å². The number of amides is 1. The molecule has 3 nitrogen and oxygen atoms in total. The first-order valence-corrected chi connectivity index (χ1v) is 2.61. The molecule has 0 aromatic carbocycles. The highest BCUT2D eigenvalue weighted by atomic mass is 16.2. The van der Waals surface area contributed by atoms with Gasteiger partial charge in [-0.25, -0.2) is 0 Å². The van der Waals surface area contributed by atoms with Gasteiger partial charge in [-0.05, 0) is 0 Å². The van der Waals surface area contributed by atoms with Gasteiger partial charge in [0.1, 0.15) is 5.82 Å². The van der Waals surface area contributed by atoms with Gasteiger partial charge in [0.15, 0.2) is 0 Å². The van der Waals surface area contributed by atoms with E-state index in [1.807, 2.05) is 0 Å². The van der Waals surface area contributed by atoms with Gasteiger partial charge in [-0.3, -0.25) is 9.69 Å². The van der Waals surface area contributed by atoms with Crippen LogP contribution < -0.4 is 5.32 Å². The molecule has 3 heteroatoms. The van der Waals surface area contributed by atoms with Gasteiger partial charge in [0.25, 0.3) is 5.91 Å². The Labute approximate surface area is 53.7 Å². The minimum absolute atomic E-state index is 0.0428. The first-order valence-electron chi connectivity index (χ1n) is 2.61. The first-order chi connectivity index (χ1) is 4.22. The van der Waals surface area contributed by atoms with Gasteiger partial charge in [0.05, 0.1) is 0 Å². The molecule has 1 aliphatic rings. The molecule has 0 aromatic heterocycles. The van der Waals surface area contributed by atoms with E-state index in [2.05, 4.69) is 11.9 Å². The third kappa shape index (κ3) is 0.937. The van der Waals surface area contributed by atoms with Crippen LogP contribution in [-0.2, 0) is 4.79 Å². The van der Waals surface area contributed by atoms with Crippen LogP contribution in [0, 0.1) is 0 Å². The van der Waals surface area contributed by atoms with Gasteiger partial charge in [0, 0.05) is 19.3 Å². The minimum Gasteiger partial charge on any atom is -0.348 e. The molecule has 0 fully saturated rings. The van der Waals surface area contributed by atoms with Gasteiger partial charge in [-0.2, -0.15) is 0 Å². The molecular weight excluding hydrogens is 116 g/mol. The summed E-state index contributed by atoms with van der Waals surface area (Å²) in [6, 6.07) is 0. The largest absolute Gasteiger partial charge is 0.348 e. The number of hydrogen-bond donors (Lipinski definition) is 1. The predicted octanol–water partition coefficient (Wildman–Crippen LogP) is 0.0329. The lowest BCUT2D eigenvalue weighted by molar-refractivity contribution is -0.123. The van der Waals surface area contributed by atoms with Crippen molar-refractivity contribution >= 4 is 5.91 Å². The van der Waals surface area contributed by atoms with E-state index in [1.54, 1.807) is 13.2 Å². The predicted molar refractivity (Wildman–Crippen MR) is 34.2 cm³/mol. The highest BCUT2D eigenvalue weighted by Crippen LogP contribution is 1.99. The number of likely N-dealkylation sites (N-methyl/N-ethyl adjacent to an activating group) is 1. The van der Waals surface area contributed by atoms with E-state index >= 15 is 0 Å². The van der Waals surface area contributed by atoms with E-state index < -0.39 is 0 Å². The molecule has 0 spiro atoms. The van der Waals surface area contributed by atoms with Gasteiger partial charge in [0.2, 0.25) is 0 Å². The van der Waals surface area contributed by atoms with E-state index in [4.69, 9.17) is 0 Å². The zero-order valence-electron chi connectivity index (χ0n) is 5.22. The molecule has 1 rings (SSSR count). The second-order valence-electron chi connectivity index (χ2n) is 1.82. The Balaban J connectivity index is 2.81. The lowest BCUT2D eigenvalue weighted by Crippen LogP contribution is -2.33. The molecule has 1 amide bonds. The van der Waals surface area contributed by atoms with Crippen molar-refractivity contribution in [2.75, 3.05) is 7.05 Å². The highest BCUT2D eigenvalue weighted by Gasteiger charge is 2.10. The topological polar surface area (TPSA) is 32.3 Å². The van der Waals surface area contributed by atoms with Crippen molar-refractivity contribution in [3.63, 3.8) is 0 Å². The summed E-state index contributed by atoms with van der Waals surface area (Å²) in [6.45, 7) is 3.59. The van der Waals surface area contributed by atoms with Crippen LogP contribution in [0.4, 0.5) is 0 Å². The zero-order chi connectivity index (χ0) is 6.85. The third-order valence-electron chi connectivity index (χ3n) is 1.21. The van der Waals surface area contributed by atoms with E-state index in [0.717, 1.165) is 0 Å². The average molecular weight is 124 g/mol. The summed E-state index contributed by atoms with van der Waals surface area (Å²) in [6.07, 6.45) is 3.03. The number of rotatable bonds is 0. The van der Waals surface area contributed by atoms with Crippen LogP contribution in [0.1, 0.15) is 0 Å². The van der Waals surface area contributed by atoms with Gasteiger partial charge in [-0.1, -0.05) is 6.58 Å². The van der Waals surface area contributed by atoms with E-state index in [9.17, 15) is 4.79 Å². The van der Waals surface area contributed by atoms with E-state index in [0.29, 0.717) is 5.82 Å². The number of hydrogen-bond acceptors (Lipinski definition) is 2. The van der Waals surface area contributed by atoms with Crippen molar-refractivity contribution < 1.29 is 4.79 Å². The zero-order valence-corrected chi connectivity index (χ0v) is 5.22. The van der Waals surface area contributed by atoms with Gasteiger partial charge in [-0.15, -0.1) is 0 Å². The lowest BCUT2D eigenvalue weighted by Gasteiger charge is -2.20. The standard InChI is InChI=1S/C6H8N2O/c1-5-7-4-3-6(9)8(5)2/h3-4,7H,1H2,2H3. The fourth-order valence-electron chi connectivity index (χ4n) is 0.551. The van der Waals surface area contributed by atoms with Crippen LogP contribution in [0.3, 0.4) is 0 Å². The summed E-state index contributed by atoms with van der Waals surface area (Å²) < 4.78 is 0. The smallest absolute Gasteiger partial charge is 0.253 e. The molecule has 0 aromatic rings. The summed E-state index contributed by atoms with van der Waals surface area (Å²) in [4.78, 5) is 12.2. The summed E-state index contributed by atoms with van der Waals surface area (Å²) in [5.74, 6) is 0.571. The lowest BCUT2D eigenvalue weighted by atomic mass is 10.4. The Morgan fingerprint density at radius 3 is 2.89 bits per heavy atom. The maximum atomic E-state index is 10.7. The Hall–Kier alpha value is -1.25. The molecule has 1 aliphatic heterocycles. The molecule has 0 saturated carbocycles. The summed E-state index contributed by atoms with van der Waals surface area (Å²) >= 11 is 0. The molecule has 0 bridgehead atoms. The quantitative estimate of drug-likeness (QED) is 0.494. The first kappa shape index (κ1) is 5.88. The van der Waals surface area contributed by atoms with Gasteiger partial charge >= 0.3 is 0 Å². The Bertz CT molecular complexity index is 183. The Morgan fingerprint density at radius 2 is 2.44 bits per heavy atom. The van der Waals surface area contributed by atoms with Crippen molar-refractivity contribution in [2.45, 2.75) is 0 Å². The molecule has 9 heavy (non-hydrogen) atoms. The molecule has 0 aliphatic carbocycles. The average Bonchev–Trinajstić information content (AvgIpc) is 1.83. The van der Waals surface area contributed by atoms with Crippen LogP contribution in [0.25, 0.3) is 0 Å². The highest BCUT2D eigenvalue weighted by molar-refractivity contribution is 5.89. The summed E-state index contributed by atoms with van der Waals surface area (Å²) in [5, 5.41) is 2.79. The fourth-order valence-corrected chi connectivity index (χ4v) is 0.551. The normalized spacial score (nSPS) is 18.1. The van der Waals surface area contributed by atoms with Crippen LogP contribution in [-0.4, -0.2) is 17.9 Å². The molecule has 1 N–H and O–H groups in total. The van der Waals surface area contributed by atoms with Crippen LogP contribution in [0.15, 0.2) is 24.7 Å². The monoisotopic (exact) mass is 124 g/mol. The van der Waals surface area contributed by atoms with Crippen LogP contribution in [0.5, 0.6) is 0 Å². The second-order valence-corrected chi connectivity index (χ2v) is 1.82. The molecule has 0 unspecified atom stereocenters. The maximum Gasteiger partial charge on any atom is 0.253 e. The SMILES string of the molecule is C=C1NC=CC(=O)N1C. The van der Waals surface area contributed by atoms with Crippen LogP contribution in [0.2, 0.25) is 0 Å². The van der Waals surface area contributed by atoms with Crippen molar-refractivity contribution in [1.29, 1.82) is 0 Å². The number of nitrogens with one attached hydrogen (secondary N) is 1. The molecule has 1 heterocycles. The summed E-state index contributed by atoms with van der Waals surface area (Å²) in [7, 11) is 1.67.